The van der Waals surface area contributed by atoms with E-state index in [1.54, 1.807) is 6.92 Å². The molecule has 0 aliphatic heterocycles. The molecule has 2 atom stereocenters. The lowest BCUT2D eigenvalue weighted by atomic mass is 10.0. The summed E-state index contributed by atoms with van der Waals surface area (Å²) in [6.45, 7) is 2.95. The largest absolute Gasteiger partial charge is 0.481 e. The minimum absolute atomic E-state index is 0.0856. The summed E-state index contributed by atoms with van der Waals surface area (Å²) in [5, 5.41) is 8.17. The van der Waals surface area contributed by atoms with E-state index < -0.39 is 12.1 Å². The van der Waals surface area contributed by atoms with Gasteiger partial charge in [-0.3, -0.25) is 4.79 Å². The molecule has 0 aromatic rings. The van der Waals surface area contributed by atoms with Gasteiger partial charge in [-0.05, 0) is 12.8 Å². The SMILES string of the molecule is CC(F)C(C)CC(=O)O. The third kappa shape index (κ3) is 3.94. The van der Waals surface area contributed by atoms with Gasteiger partial charge in [0.25, 0.3) is 0 Å². The molecular formula is C6H11FO2. The zero-order valence-electron chi connectivity index (χ0n) is 5.60. The van der Waals surface area contributed by atoms with E-state index >= 15 is 0 Å². The van der Waals surface area contributed by atoms with Gasteiger partial charge < -0.3 is 5.11 Å². The van der Waals surface area contributed by atoms with Crippen molar-refractivity contribution < 1.29 is 14.3 Å². The van der Waals surface area contributed by atoms with Crippen LogP contribution in [0.3, 0.4) is 0 Å². The van der Waals surface area contributed by atoms with Crippen LogP contribution < -0.4 is 0 Å². The average Bonchev–Trinajstić information content (AvgIpc) is 1.63. The predicted molar refractivity (Wildman–Crippen MR) is 32.0 cm³/mol. The van der Waals surface area contributed by atoms with Crippen LogP contribution in [0.1, 0.15) is 20.3 Å². The van der Waals surface area contributed by atoms with E-state index in [2.05, 4.69) is 0 Å². The molecule has 0 aromatic heterocycles. The van der Waals surface area contributed by atoms with Crippen LogP contribution in [0.5, 0.6) is 0 Å². The van der Waals surface area contributed by atoms with Crippen molar-refractivity contribution in [2.24, 2.45) is 5.92 Å². The van der Waals surface area contributed by atoms with Crippen molar-refractivity contribution in [2.45, 2.75) is 26.4 Å². The number of hydrogen-bond acceptors (Lipinski definition) is 1. The van der Waals surface area contributed by atoms with Crippen LogP contribution >= 0.6 is 0 Å². The van der Waals surface area contributed by atoms with E-state index in [9.17, 15) is 9.18 Å². The first-order chi connectivity index (χ1) is 4.04. The third-order valence-corrected chi connectivity index (χ3v) is 1.28. The summed E-state index contributed by atoms with van der Waals surface area (Å²) in [4.78, 5) is 9.95. The molecule has 0 heterocycles. The fourth-order valence-corrected chi connectivity index (χ4v) is 0.438. The lowest BCUT2D eigenvalue weighted by Gasteiger charge is -2.07. The molecule has 3 heteroatoms. The van der Waals surface area contributed by atoms with E-state index in [-0.39, 0.29) is 12.3 Å². The van der Waals surface area contributed by atoms with Crippen molar-refractivity contribution in [3.63, 3.8) is 0 Å². The summed E-state index contributed by atoms with van der Waals surface area (Å²) < 4.78 is 12.2. The highest BCUT2D eigenvalue weighted by molar-refractivity contribution is 5.67. The fourth-order valence-electron chi connectivity index (χ4n) is 0.438. The summed E-state index contributed by atoms with van der Waals surface area (Å²) in [7, 11) is 0. The summed E-state index contributed by atoms with van der Waals surface area (Å²) in [5.41, 5.74) is 0. The van der Waals surface area contributed by atoms with Crippen LogP contribution in [-0.2, 0) is 4.79 Å². The van der Waals surface area contributed by atoms with Gasteiger partial charge in [-0.1, -0.05) is 6.92 Å². The van der Waals surface area contributed by atoms with Crippen LogP contribution in [0.25, 0.3) is 0 Å². The maximum atomic E-state index is 12.2. The average molecular weight is 134 g/mol. The van der Waals surface area contributed by atoms with Crippen LogP contribution in [0.2, 0.25) is 0 Å². The van der Waals surface area contributed by atoms with E-state index in [1.165, 1.54) is 6.92 Å². The molecule has 0 bridgehead atoms. The second-order valence-electron chi connectivity index (χ2n) is 2.25. The molecule has 0 radical (unpaired) electrons. The van der Waals surface area contributed by atoms with Crippen molar-refractivity contribution in [1.29, 1.82) is 0 Å². The van der Waals surface area contributed by atoms with Gasteiger partial charge in [-0.25, -0.2) is 4.39 Å². The minimum Gasteiger partial charge on any atom is -0.481 e. The zero-order chi connectivity index (χ0) is 7.44. The third-order valence-electron chi connectivity index (χ3n) is 1.28. The Morgan fingerprint density at radius 3 is 2.22 bits per heavy atom. The Bertz CT molecular complexity index is 101. The predicted octanol–water partition coefficient (Wildman–Crippen LogP) is 1.46. The minimum atomic E-state index is -1.03. The van der Waals surface area contributed by atoms with E-state index in [4.69, 9.17) is 5.11 Å². The van der Waals surface area contributed by atoms with E-state index in [0.29, 0.717) is 0 Å². The molecule has 54 valence electrons. The Hall–Kier alpha value is -0.600. The molecule has 0 saturated heterocycles. The lowest BCUT2D eigenvalue weighted by Crippen LogP contribution is -2.12. The molecular weight excluding hydrogens is 123 g/mol. The Labute approximate surface area is 53.7 Å². The van der Waals surface area contributed by atoms with Gasteiger partial charge in [0, 0.05) is 0 Å². The fraction of sp³-hybridized carbons (Fsp3) is 0.833. The number of alkyl halides is 1. The van der Waals surface area contributed by atoms with Gasteiger partial charge in [0.15, 0.2) is 0 Å². The molecule has 9 heavy (non-hydrogen) atoms. The maximum absolute atomic E-state index is 12.2. The van der Waals surface area contributed by atoms with E-state index in [0.717, 1.165) is 0 Å². The number of hydrogen-bond donors (Lipinski definition) is 1. The highest BCUT2D eigenvalue weighted by atomic mass is 19.1. The highest BCUT2D eigenvalue weighted by Gasteiger charge is 2.13. The van der Waals surface area contributed by atoms with Crippen molar-refractivity contribution in [3.05, 3.63) is 0 Å². The number of carboxylic acid groups (broad SMARTS) is 1. The van der Waals surface area contributed by atoms with Gasteiger partial charge >= 0.3 is 5.97 Å². The Balaban J connectivity index is 3.50. The van der Waals surface area contributed by atoms with Crippen molar-refractivity contribution >= 4 is 5.97 Å². The van der Waals surface area contributed by atoms with Crippen LogP contribution in [-0.4, -0.2) is 17.2 Å². The van der Waals surface area contributed by atoms with Crippen LogP contribution in [0, 0.1) is 5.92 Å². The van der Waals surface area contributed by atoms with Gasteiger partial charge in [0.1, 0.15) is 6.17 Å². The van der Waals surface area contributed by atoms with Gasteiger partial charge in [0.05, 0.1) is 6.42 Å². The van der Waals surface area contributed by atoms with Crippen molar-refractivity contribution in [1.82, 2.24) is 0 Å². The van der Waals surface area contributed by atoms with Crippen molar-refractivity contribution in [2.75, 3.05) is 0 Å². The number of carboxylic acids is 1. The van der Waals surface area contributed by atoms with Crippen molar-refractivity contribution in [3.8, 4) is 0 Å². The molecule has 2 unspecified atom stereocenters. The van der Waals surface area contributed by atoms with Crippen LogP contribution in [0.4, 0.5) is 4.39 Å². The Morgan fingerprint density at radius 2 is 2.11 bits per heavy atom. The monoisotopic (exact) mass is 134 g/mol. The topological polar surface area (TPSA) is 37.3 Å². The molecule has 0 rings (SSSR count). The second-order valence-corrected chi connectivity index (χ2v) is 2.25. The molecule has 0 saturated carbocycles. The number of rotatable bonds is 3. The maximum Gasteiger partial charge on any atom is 0.303 e. The van der Waals surface area contributed by atoms with Gasteiger partial charge in [0.2, 0.25) is 0 Å². The molecule has 0 aliphatic carbocycles. The normalized spacial score (nSPS) is 16.8. The quantitative estimate of drug-likeness (QED) is 0.634. The molecule has 1 N–H and O–H groups in total. The molecule has 0 spiro atoms. The van der Waals surface area contributed by atoms with Gasteiger partial charge in [-0.2, -0.15) is 0 Å². The first-order valence-electron chi connectivity index (χ1n) is 2.90. The van der Waals surface area contributed by atoms with Crippen LogP contribution in [0.15, 0.2) is 0 Å². The first-order valence-corrected chi connectivity index (χ1v) is 2.90. The van der Waals surface area contributed by atoms with E-state index in [1.807, 2.05) is 0 Å². The highest BCUT2D eigenvalue weighted by Crippen LogP contribution is 2.09. The second kappa shape index (κ2) is 3.43. The lowest BCUT2D eigenvalue weighted by molar-refractivity contribution is -0.138. The standard InChI is InChI=1S/C6H11FO2/c1-4(5(2)7)3-6(8)9/h4-5H,3H2,1-2H3,(H,8,9). The summed E-state index contributed by atoms with van der Waals surface area (Å²) in [5.74, 6) is -1.31. The zero-order valence-corrected chi connectivity index (χ0v) is 5.60. The summed E-state index contributed by atoms with van der Waals surface area (Å²) in [6, 6.07) is 0. The molecule has 0 amide bonds. The van der Waals surface area contributed by atoms with Gasteiger partial charge in [-0.15, -0.1) is 0 Å². The molecule has 2 nitrogen and oxygen atoms in total. The smallest absolute Gasteiger partial charge is 0.303 e. The molecule has 0 aromatic carbocycles. The first kappa shape index (κ1) is 8.40. The number of halogens is 1. The number of carbonyl (C=O) groups is 1. The number of aliphatic carboxylic acids is 1. The summed E-state index contributed by atoms with van der Waals surface area (Å²) >= 11 is 0. The molecule has 0 aliphatic rings. The molecule has 0 fully saturated rings. The summed E-state index contributed by atoms with van der Waals surface area (Å²) in [6.07, 6.45) is -1.11. The Morgan fingerprint density at radius 1 is 1.67 bits per heavy atom. The Kier molecular flexibility index (Phi) is 3.20.